The van der Waals surface area contributed by atoms with E-state index in [4.69, 9.17) is 5.73 Å². The van der Waals surface area contributed by atoms with Crippen LogP contribution in [0.3, 0.4) is 0 Å². The maximum atomic E-state index is 12.1. The van der Waals surface area contributed by atoms with Gasteiger partial charge in [-0.05, 0) is 18.2 Å². The first kappa shape index (κ1) is 19.0. The van der Waals surface area contributed by atoms with Gasteiger partial charge in [-0.2, -0.15) is 11.8 Å². The summed E-state index contributed by atoms with van der Waals surface area (Å²) in [6, 6.07) is 7.18. The topological polar surface area (TPSA) is 96.2 Å². The van der Waals surface area contributed by atoms with Gasteiger partial charge in [-0.25, -0.2) is 14.8 Å². The second-order valence-electron chi connectivity index (χ2n) is 6.00. The van der Waals surface area contributed by atoms with Crippen molar-refractivity contribution in [1.82, 2.24) is 20.2 Å². The quantitative estimate of drug-likeness (QED) is 0.696. The predicted molar refractivity (Wildman–Crippen MR) is 110 cm³/mol. The van der Waals surface area contributed by atoms with E-state index in [2.05, 4.69) is 37.3 Å². The van der Waals surface area contributed by atoms with Crippen LogP contribution in [0.2, 0.25) is 0 Å². The number of carbonyl (C=O) groups is 1. The fraction of sp³-hybridized carbons (Fsp3) is 0.316. The monoisotopic (exact) mass is 382 g/mol. The third-order valence-electron chi connectivity index (χ3n) is 3.96. The van der Waals surface area contributed by atoms with Crippen molar-refractivity contribution in [3.63, 3.8) is 0 Å². The van der Waals surface area contributed by atoms with Gasteiger partial charge in [-0.1, -0.05) is 17.9 Å². The fourth-order valence-corrected chi connectivity index (χ4v) is 3.53. The van der Waals surface area contributed by atoms with E-state index < -0.39 is 0 Å². The number of nitrogen functional groups attached to an aromatic ring is 1. The number of nitrogens with one attached hydrogen (secondary N) is 2. The van der Waals surface area contributed by atoms with Crippen LogP contribution in [0.1, 0.15) is 11.1 Å². The Morgan fingerprint density at radius 2 is 1.93 bits per heavy atom. The van der Waals surface area contributed by atoms with Gasteiger partial charge in [0.25, 0.3) is 0 Å². The third kappa shape index (κ3) is 6.47. The van der Waals surface area contributed by atoms with Crippen LogP contribution in [0.5, 0.6) is 0 Å². The average Bonchev–Trinajstić information content (AvgIpc) is 2.69. The molecule has 0 spiro atoms. The van der Waals surface area contributed by atoms with Gasteiger partial charge in [0.15, 0.2) is 0 Å². The first-order chi connectivity index (χ1) is 13.2. The standard InChI is InChI=1S/C19H22N6OS/c20-18-22-13-16(14-23-18)5-4-15-2-1-3-17(12-15)24-19(26)21-6-7-25-8-10-27-11-9-25/h1-3,12-14H,6-11H2,(H2,20,22,23)(H2,21,24,26). The number of hydrogen-bond acceptors (Lipinski definition) is 6. The third-order valence-corrected chi connectivity index (χ3v) is 4.90. The summed E-state index contributed by atoms with van der Waals surface area (Å²) in [6.07, 6.45) is 3.15. The molecule has 1 aliphatic rings. The highest BCUT2D eigenvalue weighted by Gasteiger charge is 2.10. The number of anilines is 2. The molecule has 2 aromatic rings. The second kappa shape index (κ2) is 9.80. The van der Waals surface area contributed by atoms with Crippen LogP contribution < -0.4 is 16.4 Å². The van der Waals surface area contributed by atoms with Gasteiger partial charge in [0.1, 0.15) is 0 Å². The Bertz CT molecular complexity index is 824. The normalized spacial score (nSPS) is 14.1. The van der Waals surface area contributed by atoms with Crippen molar-refractivity contribution in [3.8, 4) is 11.8 Å². The van der Waals surface area contributed by atoms with Crippen LogP contribution in [0.15, 0.2) is 36.7 Å². The minimum Gasteiger partial charge on any atom is -0.368 e. The van der Waals surface area contributed by atoms with E-state index in [1.165, 1.54) is 11.5 Å². The SMILES string of the molecule is Nc1ncc(C#Cc2cccc(NC(=O)NCCN3CCSCC3)c2)cn1. The highest BCUT2D eigenvalue weighted by molar-refractivity contribution is 7.99. The molecule has 27 heavy (non-hydrogen) atoms. The van der Waals surface area contributed by atoms with Crippen molar-refractivity contribution in [1.29, 1.82) is 0 Å². The van der Waals surface area contributed by atoms with Gasteiger partial charge in [0.2, 0.25) is 5.95 Å². The van der Waals surface area contributed by atoms with E-state index in [1.54, 1.807) is 12.4 Å². The Kier molecular flexibility index (Phi) is 6.90. The summed E-state index contributed by atoms with van der Waals surface area (Å²) < 4.78 is 0. The number of carbonyl (C=O) groups excluding carboxylic acids is 1. The van der Waals surface area contributed by atoms with Crippen molar-refractivity contribution >= 4 is 29.4 Å². The second-order valence-corrected chi connectivity index (χ2v) is 7.22. The molecular weight excluding hydrogens is 360 g/mol. The van der Waals surface area contributed by atoms with E-state index in [0.717, 1.165) is 25.2 Å². The van der Waals surface area contributed by atoms with E-state index >= 15 is 0 Å². The molecule has 0 bridgehead atoms. The number of hydrogen-bond donors (Lipinski definition) is 3. The van der Waals surface area contributed by atoms with Gasteiger partial charge >= 0.3 is 6.03 Å². The van der Waals surface area contributed by atoms with E-state index in [1.807, 2.05) is 36.0 Å². The maximum absolute atomic E-state index is 12.1. The van der Waals surface area contributed by atoms with Crippen LogP contribution in [0, 0.1) is 11.8 Å². The molecule has 1 saturated heterocycles. The molecule has 2 heterocycles. The van der Waals surface area contributed by atoms with Gasteiger partial charge in [0.05, 0.1) is 5.56 Å². The lowest BCUT2D eigenvalue weighted by molar-refractivity contribution is 0.247. The molecule has 1 aromatic carbocycles. The van der Waals surface area contributed by atoms with Crippen LogP contribution in [-0.2, 0) is 0 Å². The highest BCUT2D eigenvalue weighted by Crippen LogP contribution is 2.10. The number of nitrogens with zero attached hydrogens (tertiary/aromatic N) is 3. The number of amides is 2. The molecule has 1 fully saturated rings. The van der Waals surface area contributed by atoms with E-state index in [-0.39, 0.29) is 12.0 Å². The molecule has 4 N–H and O–H groups in total. The van der Waals surface area contributed by atoms with E-state index in [9.17, 15) is 4.79 Å². The summed E-state index contributed by atoms with van der Waals surface area (Å²) in [7, 11) is 0. The molecule has 0 aliphatic carbocycles. The van der Waals surface area contributed by atoms with Crippen molar-refractivity contribution in [2.45, 2.75) is 0 Å². The number of nitrogens with two attached hydrogens (primary N) is 1. The highest BCUT2D eigenvalue weighted by atomic mass is 32.2. The summed E-state index contributed by atoms with van der Waals surface area (Å²) in [4.78, 5) is 22.2. The molecule has 0 radical (unpaired) electrons. The minimum atomic E-state index is -0.210. The summed E-state index contributed by atoms with van der Waals surface area (Å²) >= 11 is 1.98. The van der Waals surface area contributed by atoms with Gasteiger partial charge in [0, 0.05) is 61.3 Å². The van der Waals surface area contributed by atoms with Gasteiger partial charge < -0.3 is 16.4 Å². The van der Waals surface area contributed by atoms with Crippen LogP contribution >= 0.6 is 11.8 Å². The van der Waals surface area contributed by atoms with Crippen molar-refractivity contribution in [3.05, 3.63) is 47.8 Å². The van der Waals surface area contributed by atoms with Gasteiger partial charge in [-0.3, -0.25) is 4.90 Å². The zero-order chi connectivity index (χ0) is 18.9. The minimum absolute atomic E-state index is 0.210. The summed E-state index contributed by atoms with van der Waals surface area (Å²) in [6.45, 7) is 3.69. The van der Waals surface area contributed by atoms with E-state index in [0.29, 0.717) is 17.8 Å². The number of aromatic nitrogens is 2. The summed E-state index contributed by atoms with van der Waals surface area (Å²) in [5.41, 5.74) is 7.62. The van der Waals surface area contributed by atoms with Crippen LogP contribution in [-0.4, -0.2) is 58.6 Å². The van der Waals surface area contributed by atoms with Crippen molar-refractivity contribution in [2.24, 2.45) is 0 Å². The zero-order valence-corrected chi connectivity index (χ0v) is 15.8. The van der Waals surface area contributed by atoms with Crippen LogP contribution in [0.4, 0.5) is 16.4 Å². The summed E-state index contributed by atoms with van der Waals surface area (Å²) in [5.74, 6) is 8.56. The molecular formula is C19H22N6OS. The van der Waals surface area contributed by atoms with Crippen molar-refractivity contribution in [2.75, 3.05) is 48.7 Å². The lowest BCUT2D eigenvalue weighted by Crippen LogP contribution is -2.40. The van der Waals surface area contributed by atoms with Gasteiger partial charge in [-0.15, -0.1) is 0 Å². The number of thioether (sulfide) groups is 1. The molecule has 1 aliphatic heterocycles. The Balaban J connectivity index is 1.49. The summed E-state index contributed by atoms with van der Waals surface area (Å²) in [5, 5.41) is 5.74. The number of rotatable bonds is 4. The molecule has 0 unspecified atom stereocenters. The Morgan fingerprint density at radius 1 is 1.19 bits per heavy atom. The molecule has 140 valence electrons. The smallest absolute Gasteiger partial charge is 0.319 e. The molecule has 3 rings (SSSR count). The lowest BCUT2D eigenvalue weighted by Gasteiger charge is -2.25. The molecule has 2 amide bonds. The first-order valence-corrected chi connectivity index (χ1v) is 9.89. The van der Waals surface area contributed by atoms with Crippen molar-refractivity contribution < 1.29 is 4.79 Å². The first-order valence-electron chi connectivity index (χ1n) is 8.73. The zero-order valence-electron chi connectivity index (χ0n) is 14.9. The molecule has 0 saturated carbocycles. The largest absolute Gasteiger partial charge is 0.368 e. The fourth-order valence-electron chi connectivity index (χ4n) is 2.55. The molecule has 0 atom stereocenters. The Morgan fingerprint density at radius 3 is 2.70 bits per heavy atom. The Labute approximate surface area is 163 Å². The Hall–Kier alpha value is -2.76. The van der Waals surface area contributed by atoms with Crippen LogP contribution in [0.25, 0.3) is 0 Å². The number of benzene rings is 1. The average molecular weight is 382 g/mol. The molecule has 1 aromatic heterocycles. The molecule has 8 heteroatoms. The molecule has 7 nitrogen and oxygen atoms in total. The lowest BCUT2D eigenvalue weighted by atomic mass is 10.2. The predicted octanol–water partition coefficient (Wildman–Crippen LogP) is 1.63. The number of urea groups is 1. The maximum Gasteiger partial charge on any atom is 0.319 e.